The van der Waals surface area contributed by atoms with Crippen LogP contribution in [0.3, 0.4) is 0 Å². The molecule has 72 valence electrons. The van der Waals surface area contributed by atoms with Crippen LogP contribution in [0.4, 0.5) is 5.95 Å². The third kappa shape index (κ3) is 3.85. The largest absolute Gasteiger partial charge is 0.385 e. The van der Waals surface area contributed by atoms with Gasteiger partial charge in [-0.1, -0.05) is 0 Å². The summed E-state index contributed by atoms with van der Waals surface area (Å²) in [6, 6.07) is 0. The topological polar surface area (TPSA) is 47.0 Å². The minimum absolute atomic E-state index is 0.682. The van der Waals surface area contributed by atoms with Crippen LogP contribution in [0.1, 0.15) is 12.0 Å². The molecule has 1 aromatic heterocycles. The van der Waals surface area contributed by atoms with Crippen molar-refractivity contribution in [3.05, 3.63) is 18.0 Å². The summed E-state index contributed by atoms with van der Waals surface area (Å²) in [5.41, 5.74) is 1.07. The van der Waals surface area contributed by atoms with Crippen molar-refractivity contribution >= 4 is 5.95 Å². The monoisotopic (exact) mass is 181 g/mol. The summed E-state index contributed by atoms with van der Waals surface area (Å²) in [6.45, 7) is 3.57. The summed E-state index contributed by atoms with van der Waals surface area (Å²) in [4.78, 5) is 8.23. The van der Waals surface area contributed by atoms with E-state index in [4.69, 9.17) is 4.74 Å². The Morgan fingerprint density at radius 1 is 1.38 bits per heavy atom. The molecule has 0 saturated heterocycles. The molecule has 0 saturated carbocycles. The molecule has 1 heterocycles. The fourth-order valence-electron chi connectivity index (χ4n) is 0.901. The molecule has 0 aromatic carbocycles. The van der Waals surface area contributed by atoms with Gasteiger partial charge < -0.3 is 10.1 Å². The van der Waals surface area contributed by atoms with Crippen LogP contribution in [0.25, 0.3) is 0 Å². The van der Waals surface area contributed by atoms with Gasteiger partial charge in [-0.25, -0.2) is 9.97 Å². The van der Waals surface area contributed by atoms with Crippen LogP contribution in [-0.2, 0) is 4.74 Å². The number of anilines is 1. The Morgan fingerprint density at radius 3 is 2.69 bits per heavy atom. The van der Waals surface area contributed by atoms with Crippen molar-refractivity contribution in [2.75, 3.05) is 25.6 Å². The molecule has 0 radical (unpaired) electrons. The average Bonchev–Trinajstić information content (AvgIpc) is 2.15. The van der Waals surface area contributed by atoms with Gasteiger partial charge >= 0.3 is 0 Å². The highest BCUT2D eigenvalue weighted by Crippen LogP contribution is 1.97. The van der Waals surface area contributed by atoms with Crippen molar-refractivity contribution in [2.24, 2.45) is 0 Å². The standard InChI is InChI=1S/C9H15N3O/c1-8-6-11-9(12-7-8)10-4-3-5-13-2/h6-7H,3-5H2,1-2H3,(H,10,11,12). The quantitative estimate of drug-likeness (QED) is 0.694. The van der Waals surface area contributed by atoms with Crippen molar-refractivity contribution in [1.29, 1.82) is 0 Å². The smallest absolute Gasteiger partial charge is 0.222 e. The van der Waals surface area contributed by atoms with Crippen LogP contribution < -0.4 is 5.32 Å². The number of nitrogens with one attached hydrogen (secondary N) is 1. The Labute approximate surface area is 78.4 Å². The van der Waals surface area contributed by atoms with Gasteiger partial charge in [-0.3, -0.25) is 0 Å². The van der Waals surface area contributed by atoms with Gasteiger partial charge in [0.05, 0.1) is 0 Å². The highest BCUT2D eigenvalue weighted by atomic mass is 16.5. The van der Waals surface area contributed by atoms with Gasteiger partial charge in [0, 0.05) is 32.7 Å². The fourth-order valence-corrected chi connectivity index (χ4v) is 0.901. The molecular formula is C9H15N3O. The number of aromatic nitrogens is 2. The molecule has 0 amide bonds. The molecule has 13 heavy (non-hydrogen) atoms. The summed E-state index contributed by atoms with van der Waals surface area (Å²) >= 11 is 0. The Bertz CT molecular complexity index is 235. The maximum atomic E-state index is 4.92. The summed E-state index contributed by atoms with van der Waals surface area (Å²) in [5.74, 6) is 0.682. The number of hydrogen-bond acceptors (Lipinski definition) is 4. The van der Waals surface area contributed by atoms with E-state index in [0.29, 0.717) is 5.95 Å². The van der Waals surface area contributed by atoms with Crippen LogP contribution in [0.5, 0.6) is 0 Å². The van der Waals surface area contributed by atoms with Crippen molar-refractivity contribution in [1.82, 2.24) is 9.97 Å². The van der Waals surface area contributed by atoms with E-state index in [1.165, 1.54) is 0 Å². The van der Waals surface area contributed by atoms with Gasteiger partial charge in [-0.15, -0.1) is 0 Å². The normalized spacial score (nSPS) is 10.0. The van der Waals surface area contributed by atoms with Gasteiger partial charge in [-0.2, -0.15) is 0 Å². The molecule has 0 atom stereocenters. The van der Waals surface area contributed by atoms with Gasteiger partial charge in [-0.05, 0) is 18.9 Å². The zero-order chi connectivity index (χ0) is 9.52. The third-order valence-corrected chi connectivity index (χ3v) is 1.59. The molecule has 4 nitrogen and oxygen atoms in total. The first-order valence-electron chi connectivity index (χ1n) is 4.34. The Morgan fingerprint density at radius 2 is 2.08 bits per heavy atom. The summed E-state index contributed by atoms with van der Waals surface area (Å²) < 4.78 is 4.92. The SMILES string of the molecule is COCCCNc1ncc(C)cn1. The predicted octanol–water partition coefficient (Wildman–Crippen LogP) is 1.23. The molecule has 0 aliphatic carbocycles. The highest BCUT2D eigenvalue weighted by Gasteiger charge is 1.93. The first-order valence-corrected chi connectivity index (χ1v) is 4.34. The minimum atomic E-state index is 0.682. The summed E-state index contributed by atoms with van der Waals surface area (Å²) in [7, 11) is 1.70. The molecule has 0 fully saturated rings. The number of nitrogens with zero attached hydrogens (tertiary/aromatic N) is 2. The van der Waals surface area contributed by atoms with Gasteiger partial charge in [0.15, 0.2) is 0 Å². The zero-order valence-electron chi connectivity index (χ0n) is 8.08. The summed E-state index contributed by atoms with van der Waals surface area (Å²) in [5, 5.41) is 3.10. The number of ether oxygens (including phenoxy) is 1. The van der Waals surface area contributed by atoms with E-state index >= 15 is 0 Å². The highest BCUT2D eigenvalue weighted by molar-refractivity contribution is 5.23. The molecule has 0 bridgehead atoms. The Hall–Kier alpha value is -1.16. The van der Waals surface area contributed by atoms with E-state index in [-0.39, 0.29) is 0 Å². The van der Waals surface area contributed by atoms with E-state index in [1.807, 2.05) is 6.92 Å². The molecule has 0 aliphatic rings. The molecule has 1 aromatic rings. The molecular weight excluding hydrogens is 166 g/mol. The molecule has 0 spiro atoms. The molecule has 1 N–H and O–H groups in total. The first kappa shape index (κ1) is 9.92. The van der Waals surface area contributed by atoms with Crippen LogP contribution >= 0.6 is 0 Å². The van der Waals surface area contributed by atoms with Crippen LogP contribution in [0.15, 0.2) is 12.4 Å². The van der Waals surface area contributed by atoms with E-state index in [1.54, 1.807) is 19.5 Å². The lowest BCUT2D eigenvalue weighted by atomic mass is 10.4. The average molecular weight is 181 g/mol. The zero-order valence-corrected chi connectivity index (χ0v) is 8.08. The van der Waals surface area contributed by atoms with Crippen molar-refractivity contribution in [3.63, 3.8) is 0 Å². The van der Waals surface area contributed by atoms with Crippen LogP contribution in [-0.4, -0.2) is 30.2 Å². The van der Waals surface area contributed by atoms with Gasteiger partial charge in [0.1, 0.15) is 0 Å². The summed E-state index contributed by atoms with van der Waals surface area (Å²) in [6.07, 6.45) is 4.56. The number of methoxy groups -OCH3 is 1. The Balaban J connectivity index is 2.25. The molecule has 4 heteroatoms. The maximum Gasteiger partial charge on any atom is 0.222 e. The fraction of sp³-hybridized carbons (Fsp3) is 0.556. The number of rotatable bonds is 5. The van der Waals surface area contributed by atoms with Gasteiger partial charge in [0.25, 0.3) is 0 Å². The maximum absolute atomic E-state index is 4.92. The Kier molecular flexibility index (Phi) is 4.18. The van der Waals surface area contributed by atoms with E-state index in [2.05, 4.69) is 15.3 Å². The van der Waals surface area contributed by atoms with Crippen molar-refractivity contribution in [3.8, 4) is 0 Å². The number of aryl methyl sites for hydroxylation is 1. The molecule has 0 aliphatic heterocycles. The second-order valence-corrected chi connectivity index (χ2v) is 2.86. The van der Waals surface area contributed by atoms with E-state index < -0.39 is 0 Å². The van der Waals surface area contributed by atoms with Crippen LogP contribution in [0.2, 0.25) is 0 Å². The van der Waals surface area contributed by atoms with Crippen molar-refractivity contribution < 1.29 is 4.74 Å². The lowest BCUT2D eigenvalue weighted by molar-refractivity contribution is 0.197. The second-order valence-electron chi connectivity index (χ2n) is 2.86. The lowest BCUT2D eigenvalue weighted by Gasteiger charge is -2.03. The van der Waals surface area contributed by atoms with E-state index in [9.17, 15) is 0 Å². The van der Waals surface area contributed by atoms with Gasteiger partial charge in [0.2, 0.25) is 5.95 Å². The first-order chi connectivity index (χ1) is 6.33. The van der Waals surface area contributed by atoms with E-state index in [0.717, 1.165) is 25.1 Å². The van der Waals surface area contributed by atoms with Crippen molar-refractivity contribution in [2.45, 2.75) is 13.3 Å². The lowest BCUT2D eigenvalue weighted by Crippen LogP contribution is -2.07. The minimum Gasteiger partial charge on any atom is -0.385 e. The predicted molar refractivity (Wildman–Crippen MR) is 51.8 cm³/mol. The second kappa shape index (κ2) is 5.48. The van der Waals surface area contributed by atoms with Crippen LogP contribution in [0, 0.1) is 6.92 Å². The molecule has 1 rings (SSSR count). The molecule has 0 unspecified atom stereocenters. The number of hydrogen-bond donors (Lipinski definition) is 1. The third-order valence-electron chi connectivity index (χ3n) is 1.59.